The Bertz CT molecular complexity index is 587. The molecule has 0 bridgehead atoms. The van der Waals surface area contributed by atoms with E-state index in [9.17, 15) is 4.39 Å². The van der Waals surface area contributed by atoms with Crippen LogP contribution in [0, 0.1) is 12.7 Å². The van der Waals surface area contributed by atoms with Crippen molar-refractivity contribution < 1.29 is 4.39 Å². The van der Waals surface area contributed by atoms with E-state index < -0.39 is 0 Å². The van der Waals surface area contributed by atoms with E-state index in [1.54, 1.807) is 12.4 Å². The Labute approximate surface area is 133 Å². The second-order valence-electron chi connectivity index (χ2n) is 5.03. The van der Waals surface area contributed by atoms with Crippen molar-refractivity contribution >= 4 is 15.9 Å². The molecule has 0 spiro atoms. The average Bonchev–Trinajstić information content (AvgIpc) is 2.46. The van der Waals surface area contributed by atoms with Crippen molar-refractivity contribution in [2.45, 2.75) is 32.7 Å². The molecule has 1 N–H and O–H groups in total. The number of benzene rings is 1. The number of hydrogen-bond donors (Lipinski definition) is 1. The summed E-state index contributed by atoms with van der Waals surface area (Å²) in [6.45, 7) is 4.94. The number of halogens is 2. The summed E-state index contributed by atoms with van der Waals surface area (Å²) in [6.07, 6.45) is 5.36. The topological polar surface area (TPSA) is 37.8 Å². The van der Waals surface area contributed by atoms with Crippen LogP contribution in [0.3, 0.4) is 0 Å². The summed E-state index contributed by atoms with van der Waals surface area (Å²) in [5.74, 6) is -0.237. The number of nitrogens with one attached hydrogen (secondary N) is 1. The van der Waals surface area contributed by atoms with E-state index in [1.165, 1.54) is 12.1 Å². The van der Waals surface area contributed by atoms with Gasteiger partial charge in [0, 0.05) is 10.7 Å². The van der Waals surface area contributed by atoms with Crippen LogP contribution in [0.1, 0.15) is 36.3 Å². The molecule has 0 saturated carbocycles. The van der Waals surface area contributed by atoms with Gasteiger partial charge in [0.2, 0.25) is 0 Å². The Morgan fingerprint density at radius 2 is 2.10 bits per heavy atom. The van der Waals surface area contributed by atoms with Crippen LogP contribution >= 0.6 is 15.9 Å². The van der Waals surface area contributed by atoms with Crippen molar-refractivity contribution in [3.05, 3.63) is 57.8 Å². The predicted molar refractivity (Wildman–Crippen MR) is 85.6 cm³/mol. The highest BCUT2D eigenvalue weighted by molar-refractivity contribution is 9.10. The number of aromatic nitrogens is 2. The molecule has 1 unspecified atom stereocenters. The molecular formula is C16H19BrFN3. The lowest BCUT2D eigenvalue weighted by Crippen LogP contribution is -2.25. The zero-order valence-corrected chi connectivity index (χ0v) is 13.8. The number of hydrogen-bond acceptors (Lipinski definition) is 3. The lowest BCUT2D eigenvalue weighted by atomic mass is 10.0. The molecule has 0 fully saturated rings. The molecule has 0 aliphatic carbocycles. The van der Waals surface area contributed by atoms with Crippen LogP contribution in [-0.2, 0) is 6.42 Å². The molecule has 3 nitrogen and oxygen atoms in total. The standard InChI is InChI=1S/C16H19BrFN3/c1-3-6-19-15(16-10-20-11(2)9-21-16)7-12-4-5-13(18)8-14(12)17/h4-5,8-10,15,19H,3,6-7H2,1-2H3. The third-order valence-corrected chi connectivity index (χ3v) is 3.98. The van der Waals surface area contributed by atoms with Gasteiger partial charge in [-0.15, -0.1) is 0 Å². The quantitative estimate of drug-likeness (QED) is 0.855. The molecule has 21 heavy (non-hydrogen) atoms. The molecule has 0 radical (unpaired) electrons. The van der Waals surface area contributed by atoms with Gasteiger partial charge in [-0.25, -0.2) is 4.39 Å². The smallest absolute Gasteiger partial charge is 0.124 e. The molecule has 2 aromatic rings. The minimum absolute atomic E-state index is 0.0693. The highest BCUT2D eigenvalue weighted by Gasteiger charge is 2.15. The monoisotopic (exact) mass is 351 g/mol. The van der Waals surface area contributed by atoms with Crippen LogP contribution in [0.2, 0.25) is 0 Å². The van der Waals surface area contributed by atoms with E-state index >= 15 is 0 Å². The van der Waals surface area contributed by atoms with Crippen LogP contribution < -0.4 is 5.32 Å². The van der Waals surface area contributed by atoms with Gasteiger partial charge < -0.3 is 5.32 Å². The van der Waals surface area contributed by atoms with Gasteiger partial charge in [-0.3, -0.25) is 9.97 Å². The first kappa shape index (κ1) is 16.0. The first-order chi connectivity index (χ1) is 10.1. The zero-order chi connectivity index (χ0) is 15.2. The summed E-state index contributed by atoms with van der Waals surface area (Å²) in [7, 11) is 0. The highest BCUT2D eigenvalue weighted by atomic mass is 79.9. The molecule has 1 aromatic heterocycles. The molecule has 1 heterocycles. The molecule has 1 atom stereocenters. The Kier molecular flexibility index (Phi) is 5.82. The van der Waals surface area contributed by atoms with Crippen molar-refractivity contribution in [2.75, 3.05) is 6.54 Å². The van der Waals surface area contributed by atoms with Crippen LogP contribution in [-0.4, -0.2) is 16.5 Å². The second-order valence-corrected chi connectivity index (χ2v) is 5.88. The maximum Gasteiger partial charge on any atom is 0.124 e. The Hall–Kier alpha value is -1.33. The number of rotatable bonds is 6. The Morgan fingerprint density at radius 1 is 1.29 bits per heavy atom. The fraction of sp³-hybridized carbons (Fsp3) is 0.375. The Balaban J connectivity index is 2.21. The largest absolute Gasteiger partial charge is 0.308 e. The normalized spacial score (nSPS) is 12.4. The summed E-state index contributed by atoms with van der Waals surface area (Å²) in [5, 5.41) is 3.48. The zero-order valence-electron chi connectivity index (χ0n) is 12.2. The summed E-state index contributed by atoms with van der Waals surface area (Å²) in [5.41, 5.74) is 2.86. The molecular weight excluding hydrogens is 333 g/mol. The van der Waals surface area contributed by atoms with Gasteiger partial charge >= 0.3 is 0 Å². The van der Waals surface area contributed by atoms with Crippen molar-refractivity contribution in [3.63, 3.8) is 0 Å². The van der Waals surface area contributed by atoms with E-state index in [1.807, 2.05) is 13.0 Å². The molecule has 5 heteroatoms. The molecule has 2 rings (SSSR count). The minimum Gasteiger partial charge on any atom is -0.308 e. The Morgan fingerprint density at radius 3 is 2.71 bits per heavy atom. The van der Waals surface area contributed by atoms with Crippen molar-refractivity contribution in [2.24, 2.45) is 0 Å². The fourth-order valence-corrected chi connectivity index (χ4v) is 2.60. The fourth-order valence-electron chi connectivity index (χ4n) is 2.09. The SMILES string of the molecule is CCCNC(Cc1ccc(F)cc1Br)c1cnc(C)cn1. The van der Waals surface area contributed by atoms with Gasteiger partial charge in [0.05, 0.1) is 23.6 Å². The van der Waals surface area contributed by atoms with Gasteiger partial charge in [0.1, 0.15) is 5.82 Å². The van der Waals surface area contributed by atoms with Gasteiger partial charge in [-0.05, 0) is 44.0 Å². The first-order valence-corrected chi connectivity index (χ1v) is 7.85. The lowest BCUT2D eigenvalue weighted by Gasteiger charge is -2.18. The van der Waals surface area contributed by atoms with Gasteiger partial charge in [0.15, 0.2) is 0 Å². The maximum atomic E-state index is 13.2. The summed E-state index contributed by atoms with van der Waals surface area (Å²) >= 11 is 3.42. The second kappa shape index (κ2) is 7.61. The first-order valence-electron chi connectivity index (χ1n) is 7.06. The third kappa shape index (κ3) is 4.58. The molecule has 1 aromatic carbocycles. The van der Waals surface area contributed by atoms with Crippen molar-refractivity contribution in [1.82, 2.24) is 15.3 Å². The molecule has 0 saturated heterocycles. The summed E-state index contributed by atoms with van der Waals surface area (Å²) < 4.78 is 14.0. The van der Waals surface area contributed by atoms with Crippen molar-refractivity contribution in [3.8, 4) is 0 Å². The molecule has 0 aliphatic rings. The van der Waals surface area contributed by atoms with Crippen LogP contribution in [0.15, 0.2) is 35.1 Å². The molecule has 0 amide bonds. The van der Waals surface area contributed by atoms with E-state index in [0.717, 1.165) is 40.8 Å². The summed E-state index contributed by atoms with van der Waals surface area (Å²) in [6, 6.07) is 4.85. The van der Waals surface area contributed by atoms with Gasteiger partial charge in [0.25, 0.3) is 0 Å². The van der Waals surface area contributed by atoms with Crippen molar-refractivity contribution in [1.29, 1.82) is 0 Å². The van der Waals surface area contributed by atoms with Crippen LogP contribution in [0.5, 0.6) is 0 Å². The molecule has 112 valence electrons. The number of aryl methyl sites for hydroxylation is 1. The van der Waals surface area contributed by atoms with Crippen LogP contribution in [0.4, 0.5) is 4.39 Å². The van der Waals surface area contributed by atoms with E-state index in [-0.39, 0.29) is 11.9 Å². The minimum atomic E-state index is -0.237. The van der Waals surface area contributed by atoms with E-state index in [0.29, 0.717) is 0 Å². The average molecular weight is 352 g/mol. The summed E-state index contributed by atoms with van der Waals surface area (Å²) in [4.78, 5) is 8.77. The third-order valence-electron chi connectivity index (χ3n) is 3.24. The predicted octanol–water partition coefficient (Wildman–Crippen LogP) is 3.97. The van der Waals surface area contributed by atoms with E-state index in [4.69, 9.17) is 0 Å². The molecule has 0 aliphatic heterocycles. The highest BCUT2D eigenvalue weighted by Crippen LogP contribution is 2.24. The van der Waals surface area contributed by atoms with E-state index in [2.05, 4.69) is 38.1 Å². The lowest BCUT2D eigenvalue weighted by molar-refractivity contribution is 0.514. The van der Waals surface area contributed by atoms with Gasteiger partial charge in [-0.2, -0.15) is 0 Å². The maximum absolute atomic E-state index is 13.2. The van der Waals surface area contributed by atoms with Crippen LogP contribution in [0.25, 0.3) is 0 Å². The number of nitrogens with zero attached hydrogens (tertiary/aromatic N) is 2. The van der Waals surface area contributed by atoms with Gasteiger partial charge in [-0.1, -0.05) is 28.9 Å².